The molecule has 4 N–H and O–H groups in total. The van der Waals surface area contributed by atoms with Gasteiger partial charge in [0.2, 0.25) is 11.8 Å². The van der Waals surface area contributed by atoms with Crippen LogP contribution in [-0.4, -0.2) is 24.6 Å². The molecule has 1 aromatic carbocycles. The van der Waals surface area contributed by atoms with Gasteiger partial charge in [-0.15, -0.1) is 0 Å². The first kappa shape index (κ1) is 14.4. The molecule has 1 heterocycles. The maximum atomic E-state index is 10.6. The van der Waals surface area contributed by atoms with E-state index in [4.69, 9.17) is 11.5 Å². The molecule has 0 bridgehead atoms. The summed E-state index contributed by atoms with van der Waals surface area (Å²) in [5.41, 5.74) is 11.8. The fourth-order valence-corrected chi connectivity index (χ4v) is 1.26. The standard InChI is InChI=1S/C8H8N2O2.C6H7N/c9-7(11)5-1-2-6(4-3-5)8(10)12;1-6-3-2-4-7-5-6/h1-4H,(H2,9,11)(H2,10,12);2-4H,1,5H2. The van der Waals surface area contributed by atoms with Gasteiger partial charge in [-0.1, -0.05) is 12.7 Å². The number of carbonyl (C=O) groups is 2. The van der Waals surface area contributed by atoms with E-state index in [1.165, 1.54) is 24.3 Å². The highest BCUT2D eigenvalue weighted by molar-refractivity contribution is 5.96. The van der Waals surface area contributed by atoms with Gasteiger partial charge in [0.15, 0.2) is 0 Å². The van der Waals surface area contributed by atoms with Crippen LogP contribution in [0.15, 0.2) is 53.6 Å². The molecule has 0 fully saturated rings. The summed E-state index contributed by atoms with van der Waals surface area (Å²) in [4.78, 5) is 25.1. The van der Waals surface area contributed by atoms with E-state index in [1.807, 2.05) is 12.2 Å². The molecule has 19 heavy (non-hydrogen) atoms. The predicted octanol–water partition coefficient (Wildman–Crippen LogP) is 1.07. The number of hydrogen-bond acceptors (Lipinski definition) is 3. The van der Waals surface area contributed by atoms with Crippen LogP contribution in [0.25, 0.3) is 0 Å². The number of allylic oxidation sites excluding steroid dienone is 1. The Kier molecular flexibility index (Phi) is 5.22. The Bertz CT molecular complexity index is 509. The third-order valence-corrected chi connectivity index (χ3v) is 2.27. The molecule has 0 unspecified atom stereocenters. The second-order valence-corrected chi connectivity index (χ2v) is 3.81. The van der Waals surface area contributed by atoms with Crippen LogP contribution < -0.4 is 11.5 Å². The number of hydrogen-bond donors (Lipinski definition) is 2. The zero-order chi connectivity index (χ0) is 14.3. The number of nitrogens with two attached hydrogens (primary N) is 2. The molecular weight excluding hydrogens is 242 g/mol. The maximum Gasteiger partial charge on any atom is 0.248 e. The Balaban J connectivity index is 0.000000218. The molecule has 0 atom stereocenters. The molecule has 98 valence electrons. The number of primary amides is 2. The minimum atomic E-state index is -0.522. The van der Waals surface area contributed by atoms with Crippen LogP contribution in [0.2, 0.25) is 0 Å². The fraction of sp³-hybridized carbons (Fsp3) is 0.0714. The minimum Gasteiger partial charge on any atom is -0.366 e. The third kappa shape index (κ3) is 4.99. The Morgan fingerprint density at radius 3 is 1.74 bits per heavy atom. The van der Waals surface area contributed by atoms with Gasteiger partial charge in [-0.05, 0) is 35.9 Å². The molecule has 1 aliphatic heterocycles. The van der Waals surface area contributed by atoms with Crippen LogP contribution >= 0.6 is 0 Å². The Morgan fingerprint density at radius 2 is 1.53 bits per heavy atom. The molecule has 0 spiro atoms. The highest BCUT2D eigenvalue weighted by Crippen LogP contribution is 2.02. The zero-order valence-corrected chi connectivity index (χ0v) is 10.4. The van der Waals surface area contributed by atoms with Gasteiger partial charge in [-0.3, -0.25) is 14.6 Å². The van der Waals surface area contributed by atoms with Crippen LogP contribution in [0, 0.1) is 0 Å². The van der Waals surface area contributed by atoms with Crippen LogP contribution in [0.4, 0.5) is 0 Å². The van der Waals surface area contributed by atoms with Gasteiger partial charge in [0, 0.05) is 17.3 Å². The summed E-state index contributed by atoms with van der Waals surface area (Å²) in [6.45, 7) is 4.49. The summed E-state index contributed by atoms with van der Waals surface area (Å²) in [5, 5.41) is 0. The minimum absolute atomic E-state index is 0.361. The molecule has 1 aliphatic rings. The van der Waals surface area contributed by atoms with Gasteiger partial charge in [0.1, 0.15) is 0 Å². The molecular formula is C14H15N3O2. The summed E-state index contributed by atoms with van der Waals surface area (Å²) in [6.07, 6.45) is 5.65. The Hall–Kier alpha value is -2.69. The van der Waals surface area contributed by atoms with E-state index >= 15 is 0 Å². The quantitative estimate of drug-likeness (QED) is 0.828. The van der Waals surface area contributed by atoms with E-state index in [2.05, 4.69) is 11.6 Å². The highest BCUT2D eigenvalue weighted by atomic mass is 16.1. The second kappa shape index (κ2) is 6.90. The number of benzene rings is 1. The van der Waals surface area contributed by atoms with Crippen molar-refractivity contribution >= 4 is 18.0 Å². The predicted molar refractivity (Wildman–Crippen MR) is 75.1 cm³/mol. The average molecular weight is 257 g/mol. The lowest BCUT2D eigenvalue weighted by Gasteiger charge is -1.96. The van der Waals surface area contributed by atoms with Crippen molar-refractivity contribution in [3.8, 4) is 0 Å². The first-order valence-corrected chi connectivity index (χ1v) is 5.54. The molecule has 5 nitrogen and oxygen atoms in total. The number of dihydropyridines is 1. The second-order valence-electron chi connectivity index (χ2n) is 3.81. The Morgan fingerprint density at radius 1 is 1.05 bits per heavy atom. The first-order valence-electron chi connectivity index (χ1n) is 5.54. The maximum absolute atomic E-state index is 10.6. The Labute approximate surface area is 111 Å². The van der Waals surface area contributed by atoms with E-state index in [0.717, 1.165) is 12.1 Å². The normalized spacial score (nSPS) is 12.5. The van der Waals surface area contributed by atoms with Crippen LogP contribution in [0.5, 0.6) is 0 Å². The first-order chi connectivity index (χ1) is 9.00. The van der Waals surface area contributed by atoms with Gasteiger partial charge in [0.05, 0.1) is 6.54 Å². The number of amides is 2. The molecule has 0 aromatic heterocycles. The fourth-order valence-electron chi connectivity index (χ4n) is 1.26. The monoisotopic (exact) mass is 257 g/mol. The molecule has 0 saturated carbocycles. The van der Waals surface area contributed by atoms with E-state index < -0.39 is 11.8 Å². The van der Waals surface area contributed by atoms with Crippen molar-refractivity contribution in [2.75, 3.05) is 6.54 Å². The number of nitrogens with zero attached hydrogens (tertiary/aromatic N) is 1. The van der Waals surface area contributed by atoms with E-state index in [1.54, 1.807) is 6.21 Å². The molecule has 0 radical (unpaired) electrons. The lowest BCUT2D eigenvalue weighted by atomic mass is 10.1. The lowest BCUT2D eigenvalue weighted by Crippen LogP contribution is -2.13. The topological polar surface area (TPSA) is 98.5 Å². The summed E-state index contributed by atoms with van der Waals surface area (Å²) < 4.78 is 0. The van der Waals surface area contributed by atoms with Crippen LogP contribution in [0.1, 0.15) is 20.7 Å². The largest absolute Gasteiger partial charge is 0.366 e. The van der Waals surface area contributed by atoms with Gasteiger partial charge in [-0.2, -0.15) is 0 Å². The molecule has 0 aliphatic carbocycles. The van der Waals surface area contributed by atoms with Crippen molar-refractivity contribution in [2.45, 2.75) is 0 Å². The van der Waals surface area contributed by atoms with Crippen molar-refractivity contribution in [3.63, 3.8) is 0 Å². The molecule has 2 rings (SSSR count). The molecule has 2 amide bonds. The number of carbonyl (C=O) groups excluding carboxylic acids is 2. The summed E-state index contributed by atoms with van der Waals surface area (Å²) >= 11 is 0. The van der Waals surface area contributed by atoms with E-state index in [9.17, 15) is 9.59 Å². The van der Waals surface area contributed by atoms with Crippen LogP contribution in [-0.2, 0) is 0 Å². The smallest absolute Gasteiger partial charge is 0.248 e. The van der Waals surface area contributed by atoms with Crippen molar-refractivity contribution in [3.05, 3.63) is 59.7 Å². The SMILES string of the molecule is C=C1C=CC=NC1.NC(=O)c1ccc(C(N)=O)cc1. The number of aliphatic imine (C=N–C) groups is 1. The molecule has 0 saturated heterocycles. The molecule has 1 aromatic rings. The average Bonchev–Trinajstić information content (AvgIpc) is 2.40. The summed E-state index contributed by atoms with van der Waals surface area (Å²) in [6, 6.07) is 5.84. The molecule has 5 heteroatoms. The van der Waals surface area contributed by atoms with Crippen molar-refractivity contribution in [1.82, 2.24) is 0 Å². The number of rotatable bonds is 2. The van der Waals surface area contributed by atoms with Crippen molar-refractivity contribution in [1.29, 1.82) is 0 Å². The van der Waals surface area contributed by atoms with Gasteiger partial charge in [-0.25, -0.2) is 0 Å². The lowest BCUT2D eigenvalue weighted by molar-refractivity contribution is 0.0988. The zero-order valence-electron chi connectivity index (χ0n) is 10.4. The van der Waals surface area contributed by atoms with Crippen molar-refractivity contribution in [2.24, 2.45) is 16.5 Å². The third-order valence-electron chi connectivity index (χ3n) is 2.27. The van der Waals surface area contributed by atoms with Crippen LogP contribution in [0.3, 0.4) is 0 Å². The van der Waals surface area contributed by atoms with Crippen molar-refractivity contribution < 1.29 is 9.59 Å². The highest BCUT2D eigenvalue weighted by Gasteiger charge is 2.02. The summed E-state index contributed by atoms with van der Waals surface area (Å²) in [7, 11) is 0. The summed E-state index contributed by atoms with van der Waals surface area (Å²) in [5.74, 6) is -1.04. The van der Waals surface area contributed by atoms with Gasteiger partial charge < -0.3 is 11.5 Å². The van der Waals surface area contributed by atoms with Gasteiger partial charge >= 0.3 is 0 Å². The van der Waals surface area contributed by atoms with E-state index in [-0.39, 0.29) is 0 Å². The van der Waals surface area contributed by atoms with Gasteiger partial charge in [0.25, 0.3) is 0 Å². The van der Waals surface area contributed by atoms with E-state index in [0.29, 0.717) is 11.1 Å².